The van der Waals surface area contributed by atoms with E-state index in [9.17, 15) is 9.59 Å². The van der Waals surface area contributed by atoms with Crippen LogP contribution in [0.2, 0.25) is 0 Å². The molecule has 1 fully saturated rings. The number of carbonyl (C=O) groups excluding carboxylic acids is 2. The third-order valence-corrected chi connectivity index (χ3v) is 2.88. The van der Waals surface area contributed by atoms with Crippen molar-refractivity contribution < 1.29 is 14.3 Å². The lowest BCUT2D eigenvalue weighted by molar-refractivity contribution is -0.149. The molecule has 0 aliphatic carbocycles. The number of nitrogens with zero attached hydrogens (tertiary/aromatic N) is 1. The highest BCUT2D eigenvalue weighted by Crippen LogP contribution is 2.10. The molecule has 1 atom stereocenters. The van der Waals surface area contributed by atoms with Gasteiger partial charge in [-0.2, -0.15) is 0 Å². The van der Waals surface area contributed by atoms with Crippen LogP contribution in [0.15, 0.2) is 0 Å². The number of nitrogens with one attached hydrogen (secondary N) is 1. The number of amides is 1. The third-order valence-electron chi connectivity index (χ3n) is 2.88. The number of esters is 1. The predicted octanol–water partition coefficient (Wildman–Crippen LogP) is 0.786. The Bertz CT molecular complexity index is 286. The molecule has 5 heteroatoms. The highest BCUT2D eigenvalue weighted by atomic mass is 16.5. The first-order valence-electron chi connectivity index (χ1n) is 6.72. The van der Waals surface area contributed by atoms with E-state index in [-0.39, 0.29) is 24.5 Å². The van der Waals surface area contributed by atoms with Crippen molar-refractivity contribution in [3.8, 4) is 0 Å². The zero-order valence-electron chi connectivity index (χ0n) is 11.6. The zero-order valence-corrected chi connectivity index (χ0v) is 11.6. The Labute approximate surface area is 109 Å². The quantitative estimate of drug-likeness (QED) is 0.714. The largest absolute Gasteiger partial charge is 0.465 e. The fourth-order valence-electron chi connectivity index (χ4n) is 2.15. The molecule has 0 aromatic heterocycles. The lowest BCUT2D eigenvalue weighted by atomic mass is 10.1. The van der Waals surface area contributed by atoms with E-state index in [1.165, 1.54) is 0 Å². The van der Waals surface area contributed by atoms with Crippen LogP contribution < -0.4 is 5.32 Å². The summed E-state index contributed by atoms with van der Waals surface area (Å²) >= 11 is 0. The second kappa shape index (κ2) is 7.36. The SMILES string of the molecule is CCOC(=O)CN(CC(C)C)C(=O)[C@@H]1CCCN1. The van der Waals surface area contributed by atoms with E-state index in [0.717, 1.165) is 19.4 Å². The van der Waals surface area contributed by atoms with Crippen molar-refractivity contribution in [3.63, 3.8) is 0 Å². The summed E-state index contributed by atoms with van der Waals surface area (Å²) < 4.78 is 4.91. The summed E-state index contributed by atoms with van der Waals surface area (Å²) in [7, 11) is 0. The minimum Gasteiger partial charge on any atom is -0.465 e. The molecule has 1 N–H and O–H groups in total. The average Bonchev–Trinajstić information content (AvgIpc) is 2.80. The molecule has 104 valence electrons. The molecule has 1 heterocycles. The summed E-state index contributed by atoms with van der Waals surface area (Å²) in [6, 6.07) is -0.127. The van der Waals surface area contributed by atoms with Crippen LogP contribution in [0.1, 0.15) is 33.6 Å². The van der Waals surface area contributed by atoms with Crippen molar-refractivity contribution in [2.75, 3.05) is 26.2 Å². The van der Waals surface area contributed by atoms with Crippen LogP contribution in [0.5, 0.6) is 0 Å². The van der Waals surface area contributed by atoms with Gasteiger partial charge in [-0.15, -0.1) is 0 Å². The summed E-state index contributed by atoms with van der Waals surface area (Å²) in [6.07, 6.45) is 1.88. The van der Waals surface area contributed by atoms with E-state index in [2.05, 4.69) is 5.32 Å². The monoisotopic (exact) mass is 256 g/mol. The Hall–Kier alpha value is -1.10. The minimum atomic E-state index is -0.329. The maximum absolute atomic E-state index is 12.3. The first-order chi connectivity index (χ1) is 8.54. The highest BCUT2D eigenvalue weighted by molar-refractivity contribution is 5.86. The van der Waals surface area contributed by atoms with Crippen LogP contribution in [-0.2, 0) is 14.3 Å². The molecule has 18 heavy (non-hydrogen) atoms. The summed E-state index contributed by atoms with van der Waals surface area (Å²) in [6.45, 7) is 7.72. The predicted molar refractivity (Wildman–Crippen MR) is 69.1 cm³/mol. The van der Waals surface area contributed by atoms with Gasteiger partial charge in [0.15, 0.2) is 0 Å². The van der Waals surface area contributed by atoms with Gasteiger partial charge in [-0.25, -0.2) is 0 Å². The molecule has 0 aromatic rings. The summed E-state index contributed by atoms with van der Waals surface area (Å²) in [5, 5.41) is 3.17. The Morgan fingerprint density at radius 2 is 2.17 bits per heavy atom. The number of hydrogen-bond acceptors (Lipinski definition) is 4. The van der Waals surface area contributed by atoms with Gasteiger partial charge in [0.25, 0.3) is 0 Å². The molecule has 0 bridgehead atoms. The fraction of sp³-hybridized carbons (Fsp3) is 0.846. The van der Waals surface area contributed by atoms with E-state index in [1.54, 1.807) is 11.8 Å². The molecule has 1 aliphatic heterocycles. The number of rotatable bonds is 6. The number of ether oxygens (including phenoxy) is 1. The van der Waals surface area contributed by atoms with Crippen LogP contribution in [0.3, 0.4) is 0 Å². The summed E-state index contributed by atoms with van der Waals surface area (Å²) in [5.74, 6) is 0.0310. The molecule has 5 nitrogen and oxygen atoms in total. The average molecular weight is 256 g/mol. The molecule has 1 saturated heterocycles. The van der Waals surface area contributed by atoms with Crippen molar-refractivity contribution in [2.24, 2.45) is 5.92 Å². The highest BCUT2D eigenvalue weighted by Gasteiger charge is 2.28. The van der Waals surface area contributed by atoms with Crippen molar-refractivity contribution in [3.05, 3.63) is 0 Å². The van der Waals surface area contributed by atoms with Gasteiger partial charge in [-0.1, -0.05) is 13.8 Å². The standard InChI is InChI=1S/C13H24N2O3/c1-4-18-12(16)9-15(8-10(2)3)13(17)11-6-5-7-14-11/h10-11,14H,4-9H2,1-3H3/t11-/m0/s1. The van der Waals surface area contributed by atoms with E-state index < -0.39 is 0 Å². The van der Waals surface area contributed by atoms with E-state index in [1.807, 2.05) is 13.8 Å². The van der Waals surface area contributed by atoms with Crippen LogP contribution in [0.25, 0.3) is 0 Å². The molecule has 0 radical (unpaired) electrons. The maximum atomic E-state index is 12.3. The maximum Gasteiger partial charge on any atom is 0.325 e. The van der Waals surface area contributed by atoms with Gasteiger partial charge in [0.2, 0.25) is 5.91 Å². The molecule has 0 unspecified atom stereocenters. The first kappa shape index (κ1) is 15.0. The normalized spacial score (nSPS) is 19.0. The van der Waals surface area contributed by atoms with Crippen LogP contribution in [0, 0.1) is 5.92 Å². The van der Waals surface area contributed by atoms with Crippen LogP contribution in [0.4, 0.5) is 0 Å². The van der Waals surface area contributed by atoms with Crippen LogP contribution in [-0.4, -0.2) is 49.1 Å². The molecule has 1 rings (SSSR count). The molecule has 0 spiro atoms. The van der Waals surface area contributed by atoms with E-state index >= 15 is 0 Å². The Balaban J connectivity index is 2.58. The Morgan fingerprint density at radius 3 is 2.67 bits per heavy atom. The van der Waals surface area contributed by atoms with Crippen molar-refractivity contribution in [1.29, 1.82) is 0 Å². The second-order valence-electron chi connectivity index (χ2n) is 5.07. The Kier molecular flexibility index (Phi) is 6.12. The van der Waals surface area contributed by atoms with Gasteiger partial charge in [-0.3, -0.25) is 9.59 Å². The van der Waals surface area contributed by atoms with Gasteiger partial charge in [-0.05, 0) is 32.2 Å². The zero-order chi connectivity index (χ0) is 13.5. The second-order valence-corrected chi connectivity index (χ2v) is 5.07. The van der Waals surface area contributed by atoms with Crippen molar-refractivity contribution in [1.82, 2.24) is 10.2 Å². The summed E-state index contributed by atoms with van der Waals surface area (Å²) in [5.41, 5.74) is 0. The molecule has 0 saturated carbocycles. The number of hydrogen-bond donors (Lipinski definition) is 1. The molecule has 1 aliphatic rings. The lowest BCUT2D eigenvalue weighted by Gasteiger charge is -2.26. The van der Waals surface area contributed by atoms with Gasteiger partial charge in [0.05, 0.1) is 12.6 Å². The first-order valence-corrected chi connectivity index (χ1v) is 6.72. The molecular formula is C13H24N2O3. The molecule has 0 aromatic carbocycles. The van der Waals surface area contributed by atoms with Crippen molar-refractivity contribution in [2.45, 2.75) is 39.7 Å². The topological polar surface area (TPSA) is 58.6 Å². The molecular weight excluding hydrogens is 232 g/mol. The summed E-state index contributed by atoms with van der Waals surface area (Å²) in [4.78, 5) is 25.4. The van der Waals surface area contributed by atoms with Gasteiger partial charge in [0.1, 0.15) is 6.54 Å². The molecule has 1 amide bonds. The number of carbonyl (C=O) groups is 2. The van der Waals surface area contributed by atoms with Gasteiger partial charge in [0, 0.05) is 6.54 Å². The van der Waals surface area contributed by atoms with E-state index in [4.69, 9.17) is 4.74 Å². The smallest absolute Gasteiger partial charge is 0.325 e. The Morgan fingerprint density at radius 1 is 1.44 bits per heavy atom. The van der Waals surface area contributed by atoms with Gasteiger partial charge >= 0.3 is 5.97 Å². The lowest BCUT2D eigenvalue weighted by Crippen LogP contribution is -2.47. The van der Waals surface area contributed by atoms with E-state index in [0.29, 0.717) is 19.1 Å². The van der Waals surface area contributed by atoms with Gasteiger partial charge < -0.3 is 15.0 Å². The minimum absolute atomic E-state index is 0.0225. The van der Waals surface area contributed by atoms with Crippen LogP contribution >= 0.6 is 0 Å². The third kappa shape index (κ3) is 4.64. The fourth-order valence-corrected chi connectivity index (χ4v) is 2.15. The van der Waals surface area contributed by atoms with Crippen molar-refractivity contribution >= 4 is 11.9 Å².